The predicted molar refractivity (Wildman–Crippen MR) is 120 cm³/mol. The van der Waals surface area contributed by atoms with Crippen molar-refractivity contribution in [1.29, 1.82) is 0 Å². The van der Waals surface area contributed by atoms with Crippen molar-refractivity contribution < 1.29 is 18.8 Å². The first-order chi connectivity index (χ1) is 15.2. The maximum Gasteiger partial charge on any atom is 0.256 e. The van der Waals surface area contributed by atoms with E-state index in [1.54, 1.807) is 35.2 Å². The largest absolute Gasteiger partial charge is 0.337 e. The van der Waals surface area contributed by atoms with Gasteiger partial charge in [0, 0.05) is 23.7 Å². The molecule has 168 valence electrons. The summed E-state index contributed by atoms with van der Waals surface area (Å²) >= 11 is 5.84. The number of benzene rings is 2. The number of amides is 3. The van der Waals surface area contributed by atoms with Crippen molar-refractivity contribution in [3.05, 3.63) is 52.8 Å². The van der Waals surface area contributed by atoms with Crippen molar-refractivity contribution in [2.45, 2.75) is 25.9 Å². The lowest BCUT2D eigenvalue weighted by molar-refractivity contribution is -0.137. The molecule has 0 bridgehead atoms. The second-order valence-electron chi connectivity index (χ2n) is 8.44. The van der Waals surface area contributed by atoms with Crippen LogP contribution in [0.1, 0.15) is 24.2 Å². The number of hydrogen-bond donors (Lipinski definition) is 2. The number of halogens is 2. The summed E-state index contributed by atoms with van der Waals surface area (Å²) in [4.78, 5) is 42.0. The number of nitrogens with one attached hydrogen (secondary N) is 1. The fourth-order valence-corrected chi connectivity index (χ4v) is 4.20. The minimum atomic E-state index is -0.831. The molecule has 2 aliphatic rings. The molecule has 0 aliphatic carbocycles. The van der Waals surface area contributed by atoms with E-state index in [0.29, 0.717) is 16.8 Å². The van der Waals surface area contributed by atoms with Crippen molar-refractivity contribution in [2.24, 2.45) is 11.7 Å². The monoisotopic (exact) mass is 458 g/mol. The second kappa shape index (κ2) is 8.52. The molecular weight excluding hydrogens is 435 g/mol. The summed E-state index contributed by atoms with van der Waals surface area (Å²) in [6.45, 7) is 4.28. The van der Waals surface area contributed by atoms with E-state index in [2.05, 4.69) is 5.32 Å². The zero-order valence-corrected chi connectivity index (χ0v) is 18.5. The molecule has 0 radical (unpaired) electrons. The van der Waals surface area contributed by atoms with Crippen molar-refractivity contribution in [1.82, 2.24) is 9.80 Å². The zero-order chi connectivity index (χ0) is 23.2. The Hall–Kier alpha value is -2.97. The highest BCUT2D eigenvalue weighted by molar-refractivity contribution is 6.30. The number of nitrogens with zero attached hydrogens (tertiary/aromatic N) is 2. The highest BCUT2D eigenvalue weighted by Crippen LogP contribution is 2.32. The van der Waals surface area contributed by atoms with Crippen LogP contribution in [0.2, 0.25) is 5.02 Å². The van der Waals surface area contributed by atoms with Crippen molar-refractivity contribution >= 4 is 35.0 Å². The molecule has 2 heterocycles. The van der Waals surface area contributed by atoms with Gasteiger partial charge in [0.2, 0.25) is 11.8 Å². The third-order valence-corrected chi connectivity index (χ3v) is 6.24. The third-order valence-electron chi connectivity index (χ3n) is 6.01. The normalized spacial score (nSPS) is 19.2. The summed E-state index contributed by atoms with van der Waals surface area (Å²) in [5.41, 5.74) is 7.42. The maximum absolute atomic E-state index is 14.4. The molecule has 2 aromatic carbocycles. The Balaban J connectivity index is 1.64. The Kier molecular flexibility index (Phi) is 5.92. The molecular formula is C23H24ClFN4O3. The molecule has 0 saturated carbocycles. The van der Waals surface area contributed by atoms with Crippen molar-refractivity contribution in [3.63, 3.8) is 0 Å². The first-order valence-electron chi connectivity index (χ1n) is 10.4. The average Bonchev–Trinajstić information content (AvgIpc) is 2.87. The van der Waals surface area contributed by atoms with Gasteiger partial charge in [-0.25, -0.2) is 4.39 Å². The van der Waals surface area contributed by atoms with Gasteiger partial charge in [-0.1, -0.05) is 31.5 Å². The van der Waals surface area contributed by atoms with Crippen LogP contribution in [0.5, 0.6) is 0 Å². The molecule has 2 aromatic rings. The smallest absolute Gasteiger partial charge is 0.256 e. The Morgan fingerprint density at radius 2 is 1.91 bits per heavy atom. The fourth-order valence-electron chi connectivity index (χ4n) is 4.04. The van der Waals surface area contributed by atoms with Crippen LogP contribution in [0.3, 0.4) is 0 Å². The van der Waals surface area contributed by atoms with Gasteiger partial charge in [0.25, 0.3) is 5.91 Å². The Morgan fingerprint density at radius 1 is 1.16 bits per heavy atom. The topological polar surface area (TPSA) is 95.7 Å². The number of carbonyl (C=O) groups is 3. The lowest BCUT2D eigenvalue weighted by Gasteiger charge is -2.40. The highest BCUT2D eigenvalue weighted by Gasteiger charge is 2.41. The van der Waals surface area contributed by atoms with Gasteiger partial charge in [0.15, 0.2) is 0 Å². The lowest BCUT2D eigenvalue weighted by atomic mass is 10.0. The summed E-state index contributed by atoms with van der Waals surface area (Å²) < 4.78 is 14.4. The molecule has 9 heteroatoms. The van der Waals surface area contributed by atoms with Gasteiger partial charge in [-0.15, -0.1) is 0 Å². The van der Waals surface area contributed by atoms with Gasteiger partial charge in [-0.3, -0.25) is 14.4 Å². The Morgan fingerprint density at radius 3 is 2.59 bits per heavy atom. The molecule has 2 atom stereocenters. The molecule has 0 aromatic heterocycles. The number of carbonyl (C=O) groups excluding carboxylic acids is 3. The Labute approximate surface area is 190 Å². The van der Waals surface area contributed by atoms with E-state index in [-0.39, 0.29) is 53.9 Å². The molecule has 3 amide bonds. The molecule has 3 N–H and O–H groups in total. The van der Waals surface area contributed by atoms with Crippen LogP contribution in [-0.2, 0) is 9.59 Å². The van der Waals surface area contributed by atoms with Crippen LogP contribution in [0.4, 0.5) is 10.1 Å². The van der Waals surface area contributed by atoms with E-state index >= 15 is 0 Å². The number of nitrogens with two attached hydrogens (primary N) is 1. The van der Waals surface area contributed by atoms with Crippen molar-refractivity contribution in [2.75, 3.05) is 25.0 Å². The third kappa shape index (κ3) is 3.96. The van der Waals surface area contributed by atoms with E-state index in [1.807, 2.05) is 13.8 Å². The SMILES string of the molecule is CC(C)[C@H](N)C(=O)N1CCN2C(=O)c3cc(-c4ccc(Cl)cc4F)ccc3NC(=O)[C@@H]2C1. The molecule has 4 rings (SSSR count). The number of piperazine rings is 1. The van der Waals surface area contributed by atoms with Crippen LogP contribution in [0.15, 0.2) is 36.4 Å². The number of rotatable bonds is 3. The molecule has 0 spiro atoms. The van der Waals surface area contributed by atoms with E-state index < -0.39 is 17.9 Å². The Bertz CT molecular complexity index is 1110. The van der Waals surface area contributed by atoms with Crippen molar-refractivity contribution in [3.8, 4) is 11.1 Å². The first-order valence-corrected chi connectivity index (χ1v) is 10.8. The summed E-state index contributed by atoms with van der Waals surface area (Å²) in [5.74, 6) is -1.50. The molecule has 2 aliphatic heterocycles. The first kappa shape index (κ1) is 22.2. The van der Waals surface area contributed by atoms with Crippen LogP contribution < -0.4 is 11.1 Å². The van der Waals surface area contributed by atoms with E-state index in [1.165, 1.54) is 11.0 Å². The minimum absolute atomic E-state index is 0.0407. The molecule has 32 heavy (non-hydrogen) atoms. The zero-order valence-electron chi connectivity index (χ0n) is 17.8. The lowest BCUT2D eigenvalue weighted by Crippen LogP contribution is -2.61. The van der Waals surface area contributed by atoms with Gasteiger partial charge in [0.1, 0.15) is 11.9 Å². The average molecular weight is 459 g/mol. The highest BCUT2D eigenvalue weighted by atomic mass is 35.5. The standard InChI is InChI=1S/C23H24ClFN4O3/c1-12(2)20(26)23(32)28-7-8-29-19(11-28)21(30)27-18-6-3-13(9-16(18)22(29)31)15-5-4-14(24)10-17(15)25/h3-6,9-10,12,19-20H,7-8,11,26H2,1-2H3,(H,27,30)/t19-,20-/m0/s1. The quantitative estimate of drug-likeness (QED) is 0.739. The van der Waals surface area contributed by atoms with Gasteiger partial charge < -0.3 is 20.9 Å². The summed E-state index contributed by atoms with van der Waals surface area (Å²) in [5, 5.41) is 3.06. The summed E-state index contributed by atoms with van der Waals surface area (Å²) in [6, 6.07) is 7.63. The van der Waals surface area contributed by atoms with Crippen LogP contribution >= 0.6 is 11.6 Å². The molecule has 1 saturated heterocycles. The summed E-state index contributed by atoms with van der Waals surface area (Å²) in [7, 11) is 0. The van der Waals surface area contributed by atoms with Crippen LogP contribution in [0, 0.1) is 11.7 Å². The van der Waals surface area contributed by atoms with E-state index in [9.17, 15) is 18.8 Å². The predicted octanol–water partition coefficient (Wildman–Crippen LogP) is 2.73. The fraction of sp³-hybridized carbons (Fsp3) is 0.348. The number of fused-ring (bicyclic) bond motifs is 2. The van der Waals surface area contributed by atoms with Crippen LogP contribution in [-0.4, -0.2) is 59.2 Å². The van der Waals surface area contributed by atoms with Crippen LogP contribution in [0.25, 0.3) is 11.1 Å². The van der Waals surface area contributed by atoms with E-state index in [4.69, 9.17) is 17.3 Å². The number of hydrogen-bond acceptors (Lipinski definition) is 4. The van der Waals surface area contributed by atoms with Gasteiger partial charge in [0.05, 0.1) is 23.8 Å². The molecule has 7 nitrogen and oxygen atoms in total. The van der Waals surface area contributed by atoms with E-state index in [0.717, 1.165) is 0 Å². The maximum atomic E-state index is 14.4. The number of anilines is 1. The second-order valence-corrected chi connectivity index (χ2v) is 8.88. The molecule has 0 unspecified atom stereocenters. The molecule has 1 fully saturated rings. The summed E-state index contributed by atoms with van der Waals surface area (Å²) in [6.07, 6.45) is 0. The van der Waals surface area contributed by atoms with Gasteiger partial charge in [-0.2, -0.15) is 0 Å². The minimum Gasteiger partial charge on any atom is -0.337 e. The van der Waals surface area contributed by atoms with Gasteiger partial charge >= 0.3 is 0 Å². The van der Waals surface area contributed by atoms with Gasteiger partial charge in [-0.05, 0) is 41.8 Å².